The molecule has 1 N–H and O–H groups in total. The third kappa shape index (κ3) is 3.00. The molecule has 1 aliphatic rings. The summed E-state index contributed by atoms with van der Waals surface area (Å²) in [6.07, 6.45) is 5.33. The van der Waals surface area contributed by atoms with Gasteiger partial charge >= 0.3 is 0 Å². The lowest BCUT2D eigenvalue weighted by Crippen LogP contribution is -2.42. The molecule has 84 valence electrons. The summed E-state index contributed by atoms with van der Waals surface area (Å²) in [7, 11) is 2.19. The van der Waals surface area contributed by atoms with Crippen molar-refractivity contribution in [2.75, 3.05) is 20.1 Å². The van der Waals surface area contributed by atoms with Gasteiger partial charge in [-0.05, 0) is 26.4 Å². The third-order valence-corrected chi connectivity index (χ3v) is 2.99. The van der Waals surface area contributed by atoms with E-state index in [2.05, 4.69) is 31.9 Å². The molecule has 1 atom stereocenters. The smallest absolute Gasteiger partial charge is 0.213 e. The Bertz CT molecular complexity index is 275. The van der Waals surface area contributed by atoms with Crippen LogP contribution in [0.2, 0.25) is 0 Å². The number of nitrogens with zero attached hydrogens (tertiary/aromatic N) is 3. The number of piperidine rings is 1. The van der Waals surface area contributed by atoms with Crippen LogP contribution in [-0.2, 0) is 6.54 Å². The number of likely N-dealkylation sites (tertiary alicyclic amines) is 1. The van der Waals surface area contributed by atoms with Crippen LogP contribution in [0, 0.1) is 0 Å². The van der Waals surface area contributed by atoms with Crippen molar-refractivity contribution in [1.82, 2.24) is 20.4 Å². The predicted molar refractivity (Wildman–Crippen MR) is 56.3 cm³/mol. The van der Waals surface area contributed by atoms with E-state index in [1.165, 1.54) is 32.2 Å². The largest absolute Gasteiger partial charge is 0.343 e. The fourth-order valence-corrected chi connectivity index (χ4v) is 2.02. The molecule has 2 heterocycles. The first-order valence-corrected chi connectivity index (χ1v) is 5.52. The standard InChI is InChI=1S/C10H18N4O/c1-14-5-3-2-4-9(14)6-11-7-10-12-8-15-13-10/h8-9,11H,2-7H2,1H3. The van der Waals surface area contributed by atoms with Gasteiger partial charge in [0.05, 0.1) is 6.54 Å². The van der Waals surface area contributed by atoms with Gasteiger partial charge in [0.1, 0.15) is 0 Å². The lowest BCUT2D eigenvalue weighted by molar-refractivity contribution is 0.181. The van der Waals surface area contributed by atoms with Crippen molar-refractivity contribution < 1.29 is 4.52 Å². The van der Waals surface area contributed by atoms with Gasteiger partial charge in [0.15, 0.2) is 5.82 Å². The number of hydrogen-bond acceptors (Lipinski definition) is 5. The van der Waals surface area contributed by atoms with E-state index in [-0.39, 0.29) is 0 Å². The van der Waals surface area contributed by atoms with Crippen molar-refractivity contribution in [3.63, 3.8) is 0 Å². The van der Waals surface area contributed by atoms with Gasteiger partial charge in [-0.15, -0.1) is 0 Å². The highest BCUT2D eigenvalue weighted by atomic mass is 16.5. The Kier molecular flexibility index (Phi) is 3.69. The molecule has 1 saturated heterocycles. The minimum Gasteiger partial charge on any atom is -0.343 e. The highest BCUT2D eigenvalue weighted by Gasteiger charge is 2.18. The fourth-order valence-electron chi connectivity index (χ4n) is 2.02. The van der Waals surface area contributed by atoms with Crippen LogP contribution in [0.3, 0.4) is 0 Å². The summed E-state index contributed by atoms with van der Waals surface area (Å²) in [4.78, 5) is 6.39. The van der Waals surface area contributed by atoms with Gasteiger partial charge in [0, 0.05) is 12.6 Å². The summed E-state index contributed by atoms with van der Waals surface area (Å²) >= 11 is 0. The second-order valence-electron chi connectivity index (χ2n) is 4.11. The Hall–Kier alpha value is -0.940. The fraction of sp³-hybridized carbons (Fsp3) is 0.800. The van der Waals surface area contributed by atoms with Gasteiger partial charge in [0.2, 0.25) is 6.39 Å². The van der Waals surface area contributed by atoms with Gasteiger partial charge in [0.25, 0.3) is 0 Å². The second kappa shape index (κ2) is 5.23. The Morgan fingerprint density at radius 1 is 1.60 bits per heavy atom. The molecule has 1 aliphatic heterocycles. The van der Waals surface area contributed by atoms with Crippen molar-refractivity contribution in [2.24, 2.45) is 0 Å². The monoisotopic (exact) mass is 210 g/mol. The Balaban J connectivity index is 1.68. The molecule has 1 unspecified atom stereocenters. The van der Waals surface area contributed by atoms with Crippen LogP contribution in [0.4, 0.5) is 0 Å². The van der Waals surface area contributed by atoms with Crippen LogP contribution in [0.25, 0.3) is 0 Å². The van der Waals surface area contributed by atoms with Crippen LogP contribution in [0.5, 0.6) is 0 Å². The second-order valence-corrected chi connectivity index (χ2v) is 4.11. The van der Waals surface area contributed by atoms with Crippen molar-refractivity contribution >= 4 is 0 Å². The Morgan fingerprint density at radius 3 is 3.27 bits per heavy atom. The number of rotatable bonds is 4. The van der Waals surface area contributed by atoms with Crippen LogP contribution < -0.4 is 5.32 Å². The van der Waals surface area contributed by atoms with Crippen molar-refractivity contribution in [3.05, 3.63) is 12.2 Å². The zero-order valence-electron chi connectivity index (χ0n) is 9.15. The van der Waals surface area contributed by atoms with E-state index in [1.54, 1.807) is 0 Å². The topological polar surface area (TPSA) is 54.2 Å². The molecule has 5 nitrogen and oxygen atoms in total. The summed E-state index contributed by atoms with van der Waals surface area (Å²) in [6, 6.07) is 0.658. The van der Waals surface area contributed by atoms with Gasteiger partial charge in [-0.2, -0.15) is 4.98 Å². The average molecular weight is 210 g/mol. The summed E-state index contributed by atoms with van der Waals surface area (Å²) in [5, 5.41) is 7.12. The van der Waals surface area contributed by atoms with Crippen molar-refractivity contribution in [1.29, 1.82) is 0 Å². The molecule has 0 amide bonds. The number of likely N-dealkylation sites (N-methyl/N-ethyl adjacent to an activating group) is 1. The van der Waals surface area contributed by atoms with E-state index in [0.717, 1.165) is 12.4 Å². The maximum absolute atomic E-state index is 4.67. The Labute approximate surface area is 89.8 Å². The van der Waals surface area contributed by atoms with E-state index >= 15 is 0 Å². The summed E-state index contributed by atoms with van der Waals surface area (Å²) < 4.78 is 4.67. The summed E-state index contributed by atoms with van der Waals surface area (Å²) in [6.45, 7) is 2.92. The predicted octanol–water partition coefficient (Wildman–Crippen LogP) is 0.643. The number of nitrogens with one attached hydrogen (secondary N) is 1. The lowest BCUT2D eigenvalue weighted by Gasteiger charge is -2.32. The molecular formula is C10H18N4O. The minimum atomic E-state index is 0.658. The molecule has 15 heavy (non-hydrogen) atoms. The highest BCUT2D eigenvalue weighted by Crippen LogP contribution is 2.13. The quantitative estimate of drug-likeness (QED) is 0.790. The molecule has 0 aliphatic carbocycles. The van der Waals surface area contributed by atoms with Gasteiger partial charge in [-0.1, -0.05) is 11.6 Å². The molecule has 0 saturated carbocycles. The first-order chi connectivity index (χ1) is 7.36. The van der Waals surface area contributed by atoms with Crippen molar-refractivity contribution in [2.45, 2.75) is 31.8 Å². The maximum Gasteiger partial charge on any atom is 0.213 e. The van der Waals surface area contributed by atoms with Gasteiger partial charge < -0.3 is 14.7 Å². The zero-order valence-corrected chi connectivity index (χ0v) is 9.15. The summed E-state index contributed by atoms with van der Waals surface area (Å²) in [5.74, 6) is 0.730. The normalized spacial score (nSPS) is 23.1. The molecule has 2 rings (SSSR count). The SMILES string of the molecule is CN1CCCCC1CNCc1ncon1. The average Bonchev–Trinajstić information content (AvgIpc) is 2.74. The molecule has 1 aromatic heterocycles. The first-order valence-electron chi connectivity index (χ1n) is 5.52. The maximum atomic E-state index is 4.67. The minimum absolute atomic E-state index is 0.658. The number of hydrogen-bond donors (Lipinski definition) is 1. The molecular weight excluding hydrogens is 192 g/mol. The molecule has 0 radical (unpaired) electrons. The van der Waals surface area contributed by atoms with Gasteiger partial charge in [-0.3, -0.25) is 0 Å². The third-order valence-electron chi connectivity index (χ3n) is 2.99. The highest BCUT2D eigenvalue weighted by molar-refractivity contribution is 4.80. The Morgan fingerprint density at radius 2 is 2.53 bits per heavy atom. The number of aromatic nitrogens is 2. The van der Waals surface area contributed by atoms with E-state index in [9.17, 15) is 0 Å². The molecule has 5 heteroatoms. The summed E-state index contributed by atoms with van der Waals surface area (Å²) in [5.41, 5.74) is 0. The van der Waals surface area contributed by atoms with E-state index in [0.29, 0.717) is 12.6 Å². The van der Waals surface area contributed by atoms with E-state index in [4.69, 9.17) is 0 Å². The molecule has 0 spiro atoms. The van der Waals surface area contributed by atoms with Crippen LogP contribution in [0.1, 0.15) is 25.1 Å². The molecule has 0 bridgehead atoms. The van der Waals surface area contributed by atoms with E-state index < -0.39 is 0 Å². The first kappa shape index (κ1) is 10.6. The molecule has 1 fully saturated rings. The van der Waals surface area contributed by atoms with Crippen LogP contribution in [0.15, 0.2) is 10.9 Å². The van der Waals surface area contributed by atoms with Crippen LogP contribution >= 0.6 is 0 Å². The van der Waals surface area contributed by atoms with E-state index in [1.807, 2.05) is 0 Å². The molecule has 0 aromatic carbocycles. The van der Waals surface area contributed by atoms with Crippen LogP contribution in [-0.4, -0.2) is 41.2 Å². The van der Waals surface area contributed by atoms with Gasteiger partial charge in [-0.25, -0.2) is 0 Å². The molecule has 1 aromatic rings. The van der Waals surface area contributed by atoms with Crippen molar-refractivity contribution in [3.8, 4) is 0 Å². The zero-order chi connectivity index (χ0) is 10.5. The lowest BCUT2D eigenvalue weighted by atomic mass is 10.0.